The van der Waals surface area contributed by atoms with Gasteiger partial charge in [0.05, 0.1) is 17.4 Å². The lowest BCUT2D eigenvalue weighted by Crippen LogP contribution is -2.46. The van der Waals surface area contributed by atoms with E-state index in [0.717, 1.165) is 12.3 Å². The Morgan fingerprint density at radius 1 is 1.18 bits per heavy atom. The number of halogens is 3. The highest BCUT2D eigenvalue weighted by atomic mass is 19.4. The molecule has 0 aliphatic carbocycles. The van der Waals surface area contributed by atoms with Crippen molar-refractivity contribution in [2.24, 2.45) is 5.41 Å². The highest BCUT2D eigenvalue weighted by Crippen LogP contribution is 2.42. The number of likely N-dealkylation sites (tertiary alicyclic amines) is 1. The predicted molar refractivity (Wildman–Crippen MR) is 95.7 cm³/mol. The van der Waals surface area contributed by atoms with Gasteiger partial charge in [0, 0.05) is 37.7 Å². The number of alkyl halides is 3. The summed E-state index contributed by atoms with van der Waals surface area (Å²) < 4.78 is 44.1. The molecule has 1 aromatic rings. The van der Waals surface area contributed by atoms with Crippen molar-refractivity contribution in [3.63, 3.8) is 0 Å². The van der Waals surface area contributed by atoms with Gasteiger partial charge in [-0.25, -0.2) is 4.79 Å². The van der Waals surface area contributed by atoms with Crippen LogP contribution in [-0.4, -0.2) is 47.1 Å². The molecule has 1 atom stereocenters. The molecule has 1 unspecified atom stereocenters. The molecule has 2 saturated heterocycles. The van der Waals surface area contributed by atoms with Gasteiger partial charge in [-0.15, -0.1) is 0 Å². The van der Waals surface area contributed by atoms with E-state index in [-0.39, 0.29) is 23.4 Å². The van der Waals surface area contributed by atoms with E-state index in [4.69, 9.17) is 4.74 Å². The number of carbonyl (C=O) groups is 2. The fourth-order valence-electron chi connectivity index (χ4n) is 3.75. The second-order valence-corrected chi connectivity index (χ2v) is 8.55. The van der Waals surface area contributed by atoms with Crippen molar-refractivity contribution >= 4 is 17.7 Å². The Labute approximate surface area is 161 Å². The summed E-state index contributed by atoms with van der Waals surface area (Å²) in [6.45, 7) is 6.60. The monoisotopic (exact) mass is 399 g/mol. The molecule has 2 amide bonds. The SMILES string of the molecule is CC(C)(C)OC(=O)N1CCC2(CCN(c3cncc(C(F)(F)F)c3)C(=O)C2)C1. The minimum Gasteiger partial charge on any atom is -0.444 e. The lowest BCUT2D eigenvalue weighted by Gasteiger charge is -2.38. The first kappa shape index (κ1) is 20.4. The van der Waals surface area contributed by atoms with Gasteiger partial charge in [-0.05, 0) is 39.7 Å². The predicted octanol–water partition coefficient (Wildman–Crippen LogP) is 3.85. The van der Waals surface area contributed by atoms with Crippen molar-refractivity contribution in [2.75, 3.05) is 24.5 Å². The lowest BCUT2D eigenvalue weighted by molar-refractivity contribution is -0.138. The van der Waals surface area contributed by atoms with Crippen LogP contribution in [-0.2, 0) is 15.7 Å². The quantitative estimate of drug-likeness (QED) is 0.720. The molecule has 3 rings (SSSR count). The molecule has 154 valence electrons. The third-order valence-corrected chi connectivity index (χ3v) is 5.15. The van der Waals surface area contributed by atoms with Crippen LogP contribution in [0.2, 0.25) is 0 Å². The van der Waals surface area contributed by atoms with E-state index in [2.05, 4.69) is 4.98 Å². The molecule has 0 aromatic carbocycles. The topological polar surface area (TPSA) is 62.7 Å². The van der Waals surface area contributed by atoms with Gasteiger partial charge < -0.3 is 14.5 Å². The number of ether oxygens (including phenoxy) is 1. The van der Waals surface area contributed by atoms with Crippen LogP contribution in [0.1, 0.15) is 45.6 Å². The number of carbonyl (C=O) groups excluding carboxylic acids is 2. The van der Waals surface area contributed by atoms with E-state index in [1.54, 1.807) is 25.7 Å². The number of piperidine rings is 1. The van der Waals surface area contributed by atoms with Gasteiger partial charge in [0.1, 0.15) is 5.60 Å². The van der Waals surface area contributed by atoms with Gasteiger partial charge in [-0.1, -0.05) is 0 Å². The number of amides is 2. The van der Waals surface area contributed by atoms with Crippen molar-refractivity contribution in [3.05, 3.63) is 24.0 Å². The number of anilines is 1. The Balaban J connectivity index is 1.68. The summed E-state index contributed by atoms with van der Waals surface area (Å²) in [6.07, 6.45) is -1.44. The van der Waals surface area contributed by atoms with Crippen LogP contribution >= 0.6 is 0 Å². The van der Waals surface area contributed by atoms with Crippen LogP contribution in [0.3, 0.4) is 0 Å². The molecule has 0 bridgehead atoms. The normalized spacial score (nSPS) is 23.4. The number of pyridine rings is 1. The minimum atomic E-state index is -4.51. The van der Waals surface area contributed by atoms with Crippen LogP contribution in [0.4, 0.5) is 23.7 Å². The number of hydrogen-bond donors (Lipinski definition) is 0. The summed E-state index contributed by atoms with van der Waals surface area (Å²) >= 11 is 0. The molecule has 0 saturated carbocycles. The molecule has 1 aromatic heterocycles. The largest absolute Gasteiger partial charge is 0.444 e. The van der Waals surface area contributed by atoms with Crippen LogP contribution < -0.4 is 4.90 Å². The Hall–Kier alpha value is -2.32. The van der Waals surface area contributed by atoms with Crippen molar-refractivity contribution in [3.8, 4) is 0 Å². The van der Waals surface area contributed by atoms with Gasteiger partial charge in [0.2, 0.25) is 5.91 Å². The summed E-state index contributed by atoms with van der Waals surface area (Å²) in [5.74, 6) is -0.251. The first-order valence-corrected chi connectivity index (χ1v) is 9.19. The first-order chi connectivity index (χ1) is 12.9. The molecule has 2 aliphatic rings. The molecule has 3 heterocycles. The summed E-state index contributed by atoms with van der Waals surface area (Å²) in [5, 5.41) is 0. The first-order valence-electron chi connectivity index (χ1n) is 9.19. The third kappa shape index (κ3) is 4.39. The summed E-state index contributed by atoms with van der Waals surface area (Å²) in [4.78, 5) is 31.6. The Kier molecular flexibility index (Phi) is 5.05. The minimum absolute atomic E-state index is 0.150. The molecule has 2 aliphatic heterocycles. The van der Waals surface area contributed by atoms with Crippen LogP contribution in [0, 0.1) is 5.41 Å². The highest BCUT2D eigenvalue weighted by Gasteiger charge is 2.46. The summed E-state index contributed by atoms with van der Waals surface area (Å²) in [7, 11) is 0. The van der Waals surface area contributed by atoms with Crippen LogP contribution in [0.15, 0.2) is 18.5 Å². The molecule has 9 heteroatoms. The maximum absolute atomic E-state index is 12.9. The number of nitrogens with zero attached hydrogens (tertiary/aromatic N) is 3. The fraction of sp³-hybridized carbons (Fsp3) is 0.632. The molecule has 28 heavy (non-hydrogen) atoms. The Morgan fingerprint density at radius 3 is 2.46 bits per heavy atom. The van der Waals surface area contributed by atoms with Gasteiger partial charge in [-0.2, -0.15) is 13.2 Å². The Bertz CT molecular complexity index is 776. The molecule has 0 N–H and O–H groups in total. The third-order valence-electron chi connectivity index (χ3n) is 5.15. The lowest BCUT2D eigenvalue weighted by atomic mass is 9.77. The van der Waals surface area contributed by atoms with Crippen LogP contribution in [0.5, 0.6) is 0 Å². The van der Waals surface area contributed by atoms with Crippen molar-refractivity contribution in [1.29, 1.82) is 0 Å². The van der Waals surface area contributed by atoms with Gasteiger partial charge in [0.25, 0.3) is 0 Å². The van der Waals surface area contributed by atoms with E-state index < -0.39 is 23.4 Å². The number of rotatable bonds is 1. The summed E-state index contributed by atoms with van der Waals surface area (Å²) in [6, 6.07) is 0.949. The van der Waals surface area contributed by atoms with Crippen molar-refractivity contribution in [2.45, 2.75) is 51.8 Å². The van der Waals surface area contributed by atoms with Crippen molar-refractivity contribution in [1.82, 2.24) is 9.88 Å². The molecule has 1 spiro atoms. The average Bonchev–Trinajstić information content (AvgIpc) is 2.96. The highest BCUT2D eigenvalue weighted by molar-refractivity contribution is 5.94. The van der Waals surface area contributed by atoms with E-state index >= 15 is 0 Å². The van der Waals surface area contributed by atoms with Crippen molar-refractivity contribution < 1.29 is 27.5 Å². The molecular weight excluding hydrogens is 375 g/mol. The maximum Gasteiger partial charge on any atom is 0.417 e. The van der Waals surface area contributed by atoms with Gasteiger partial charge in [0.15, 0.2) is 0 Å². The second kappa shape index (κ2) is 6.93. The van der Waals surface area contributed by atoms with E-state index in [1.165, 1.54) is 11.1 Å². The average molecular weight is 399 g/mol. The zero-order chi connectivity index (χ0) is 20.7. The molecule has 0 radical (unpaired) electrons. The zero-order valence-electron chi connectivity index (χ0n) is 16.2. The second-order valence-electron chi connectivity index (χ2n) is 8.55. The van der Waals surface area contributed by atoms with Gasteiger partial charge in [-0.3, -0.25) is 9.78 Å². The van der Waals surface area contributed by atoms with E-state index in [1.807, 2.05) is 0 Å². The number of hydrogen-bond acceptors (Lipinski definition) is 4. The zero-order valence-corrected chi connectivity index (χ0v) is 16.2. The fourth-order valence-corrected chi connectivity index (χ4v) is 3.75. The standard InChI is InChI=1S/C19H24F3N3O3/c1-17(2,3)28-16(27)24-6-4-18(12-24)5-7-25(15(26)9-18)14-8-13(10-23-11-14)19(20,21)22/h8,10-11H,4-7,9,12H2,1-3H3. The van der Waals surface area contributed by atoms with Crippen LogP contribution in [0.25, 0.3) is 0 Å². The molecule has 2 fully saturated rings. The Morgan fingerprint density at radius 2 is 1.86 bits per heavy atom. The maximum atomic E-state index is 12.9. The van der Waals surface area contributed by atoms with E-state index in [0.29, 0.717) is 32.5 Å². The van der Waals surface area contributed by atoms with Gasteiger partial charge >= 0.3 is 12.3 Å². The number of aromatic nitrogens is 1. The molecule has 6 nitrogen and oxygen atoms in total. The van der Waals surface area contributed by atoms with E-state index in [9.17, 15) is 22.8 Å². The molecular formula is C19H24F3N3O3. The smallest absolute Gasteiger partial charge is 0.417 e. The summed E-state index contributed by atoms with van der Waals surface area (Å²) in [5.41, 5.74) is -1.67.